The van der Waals surface area contributed by atoms with Crippen LogP contribution in [0.1, 0.15) is 81.0 Å². The van der Waals surface area contributed by atoms with E-state index in [1.54, 1.807) is 13.0 Å². The highest BCUT2D eigenvalue weighted by molar-refractivity contribution is 5.89. The van der Waals surface area contributed by atoms with Crippen LogP contribution in [-0.4, -0.2) is 34.0 Å². The molecule has 0 bridgehead atoms. The minimum Gasteiger partial charge on any atom is -0.508 e. The number of carbonyl (C=O) groups is 1. The van der Waals surface area contributed by atoms with Gasteiger partial charge in [0.05, 0.1) is 11.4 Å². The largest absolute Gasteiger partial charge is 0.508 e. The number of carboxylic acids is 1. The molecule has 2 heterocycles. The fraction of sp³-hybridized carbons (Fsp3) is 0.483. The molecule has 1 saturated heterocycles. The van der Waals surface area contributed by atoms with E-state index < -0.39 is 5.97 Å². The number of aliphatic carboxylic acids is 1. The first-order valence-electron chi connectivity index (χ1n) is 12.9. The van der Waals surface area contributed by atoms with Gasteiger partial charge in [0.15, 0.2) is 0 Å². The molecule has 2 aromatic carbocycles. The van der Waals surface area contributed by atoms with Crippen LogP contribution in [0.2, 0.25) is 0 Å². The SMILES string of the molecule is CC.Cc1cc(-n2c(C3CCOCC3)c(C3CCC(C(=O)O)CC3)c3cc(O)ccc32)ccc1F. The number of phenols is 1. The molecule has 1 aliphatic carbocycles. The molecule has 2 N–H and O–H groups in total. The summed E-state index contributed by atoms with van der Waals surface area (Å²) in [6.45, 7) is 7.18. The zero-order valence-corrected chi connectivity index (χ0v) is 20.9. The van der Waals surface area contributed by atoms with E-state index in [0.29, 0.717) is 31.6 Å². The van der Waals surface area contributed by atoms with Crippen molar-refractivity contribution in [2.45, 2.75) is 71.1 Å². The molecule has 1 aliphatic heterocycles. The highest BCUT2D eigenvalue weighted by atomic mass is 19.1. The first kappa shape index (κ1) is 25.2. The summed E-state index contributed by atoms with van der Waals surface area (Å²) < 4.78 is 22.0. The van der Waals surface area contributed by atoms with Crippen molar-refractivity contribution in [1.82, 2.24) is 4.57 Å². The second kappa shape index (κ2) is 10.8. The molecule has 35 heavy (non-hydrogen) atoms. The maximum atomic E-state index is 14.1. The van der Waals surface area contributed by atoms with Crippen LogP contribution in [0.4, 0.5) is 4.39 Å². The monoisotopic (exact) mass is 481 g/mol. The summed E-state index contributed by atoms with van der Waals surface area (Å²) in [7, 11) is 0. The summed E-state index contributed by atoms with van der Waals surface area (Å²) in [5.74, 6) is -0.493. The van der Waals surface area contributed by atoms with Gasteiger partial charge in [-0.05, 0) is 98.9 Å². The van der Waals surface area contributed by atoms with Crippen LogP contribution in [0.5, 0.6) is 5.75 Å². The van der Waals surface area contributed by atoms with Gasteiger partial charge in [0.25, 0.3) is 0 Å². The molecule has 2 fully saturated rings. The van der Waals surface area contributed by atoms with Gasteiger partial charge in [-0.2, -0.15) is 0 Å². The van der Waals surface area contributed by atoms with Gasteiger partial charge in [-0.3, -0.25) is 4.79 Å². The van der Waals surface area contributed by atoms with E-state index in [0.717, 1.165) is 42.3 Å². The van der Waals surface area contributed by atoms with Gasteiger partial charge in [0.1, 0.15) is 11.6 Å². The fourth-order valence-electron chi connectivity index (χ4n) is 5.80. The smallest absolute Gasteiger partial charge is 0.306 e. The van der Waals surface area contributed by atoms with Gasteiger partial charge in [0, 0.05) is 35.9 Å². The van der Waals surface area contributed by atoms with Crippen molar-refractivity contribution in [3.8, 4) is 11.4 Å². The number of nitrogens with zero attached hydrogens (tertiary/aromatic N) is 1. The highest BCUT2D eigenvalue weighted by Gasteiger charge is 2.34. The summed E-state index contributed by atoms with van der Waals surface area (Å²) in [5, 5.41) is 20.9. The number of aromatic nitrogens is 1. The van der Waals surface area contributed by atoms with E-state index in [1.807, 2.05) is 38.1 Å². The number of ether oxygens (including phenoxy) is 1. The Hall–Kier alpha value is -2.86. The number of rotatable bonds is 4. The molecule has 1 aromatic heterocycles. The molecule has 3 aromatic rings. The maximum Gasteiger partial charge on any atom is 0.306 e. The lowest BCUT2D eigenvalue weighted by Crippen LogP contribution is -2.23. The molecular weight excluding hydrogens is 445 g/mol. The van der Waals surface area contributed by atoms with E-state index in [1.165, 1.54) is 17.3 Å². The Balaban J connectivity index is 0.00000141. The summed E-state index contributed by atoms with van der Waals surface area (Å²) in [6.07, 6.45) is 4.75. The number of aryl methyl sites for hydroxylation is 1. The van der Waals surface area contributed by atoms with Crippen LogP contribution in [0.15, 0.2) is 36.4 Å². The maximum absolute atomic E-state index is 14.1. The molecule has 188 valence electrons. The van der Waals surface area contributed by atoms with Gasteiger partial charge in [0.2, 0.25) is 0 Å². The number of hydrogen-bond acceptors (Lipinski definition) is 3. The van der Waals surface area contributed by atoms with Gasteiger partial charge in [-0.15, -0.1) is 0 Å². The summed E-state index contributed by atoms with van der Waals surface area (Å²) in [4.78, 5) is 11.5. The number of fused-ring (bicyclic) bond motifs is 1. The lowest BCUT2D eigenvalue weighted by molar-refractivity contribution is -0.142. The molecule has 6 heteroatoms. The molecular formula is C29H36FNO4. The zero-order valence-electron chi connectivity index (χ0n) is 20.9. The predicted molar refractivity (Wildman–Crippen MR) is 136 cm³/mol. The van der Waals surface area contributed by atoms with Gasteiger partial charge < -0.3 is 19.5 Å². The van der Waals surface area contributed by atoms with Crippen molar-refractivity contribution in [3.05, 3.63) is 59.0 Å². The Morgan fingerprint density at radius 1 is 0.971 bits per heavy atom. The van der Waals surface area contributed by atoms with Gasteiger partial charge >= 0.3 is 5.97 Å². The third-order valence-electron chi connectivity index (χ3n) is 7.52. The van der Waals surface area contributed by atoms with Gasteiger partial charge in [-0.25, -0.2) is 4.39 Å². The summed E-state index contributed by atoms with van der Waals surface area (Å²) >= 11 is 0. The van der Waals surface area contributed by atoms with Crippen LogP contribution < -0.4 is 0 Å². The van der Waals surface area contributed by atoms with Crippen molar-refractivity contribution in [3.63, 3.8) is 0 Å². The normalized spacial score (nSPS) is 20.9. The first-order chi connectivity index (χ1) is 16.9. The van der Waals surface area contributed by atoms with Crippen LogP contribution in [0.3, 0.4) is 0 Å². The number of hydrogen-bond donors (Lipinski definition) is 2. The number of phenolic OH excluding ortho intramolecular Hbond substituents is 1. The average Bonchev–Trinajstić information content (AvgIpc) is 3.21. The minimum atomic E-state index is -0.708. The Morgan fingerprint density at radius 3 is 2.29 bits per heavy atom. The van der Waals surface area contributed by atoms with Crippen LogP contribution in [-0.2, 0) is 9.53 Å². The number of benzene rings is 2. The van der Waals surface area contributed by atoms with E-state index in [2.05, 4.69) is 4.57 Å². The van der Waals surface area contributed by atoms with Crippen LogP contribution in [0.25, 0.3) is 16.6 Å². The van der Waals surface area contributed by atoms with Crippen molar-refractivity contribution in [2.24, 2.45) is 5.92 Å². The number of aromatic hydroxyl groups is 1. The van der Waals surface area contributed by atoms with E-state index in [4.69, 9.17) is 4.74 Å². The lowest BCUT2D eigenvalue weighted by atomic mass is 9.76. The average molecular weight is 482 g/mol. The minimum absolute atomic E-state index is 0.217. The van der Waals surface area contributed by atoms with Crippen LogP contribution in [0, 0.1) is 18.7 Å². The third-order valence-corrected chi connectivity index (χ3v) is 7.52. The molecule has 5 nitrogen and oxygen atoms in total. The van der Waals surface area contributed by atoms with Crippen molar-refractivity contribution in [2.75, 3.05) is 13.2 Å². The lowest BCUT2D eigenvalue weighted by Gasteiger charge is -2.31. The van der Waals surface area contributed by atoms with Crippen molar-refractivity contribution < 1.29 is 24.1 Å². The van der Waals surface area contributed by atoms with Crippen molar-refractivity contribution >= 4 is 16.9 Å². The Kier molecular flexibility index (Phi) is 7.80. The second-order valence-electron chi connectivity index (χ2n) is 9.54. The standard InChI is InChI=1S/C27H30FNO4.C2H6/c1-16-14-20(6-8-23(16)28)29-24-9-7-21(30)15-22(24)25(26(29)18-10-12-33-13-11-18)17-2-4-19(5-3-17)27(31)32;1-2/h6-9,14-15,17-19,30H,2-5,10-13H2,1H3,(H,31,32);1-2H3. The zero-order chi connectivity index (χ0) is 25.1. The molecule has 0 atom stereocenters. The number of carboxylic acid groups (broad SMARTS) is 1. The third kappa shape index (κ3) is 4.94. The quantitative estimate of drug-likeness (QED) is 0.418. The molecule has 2 aliphatic rings. The predicted octanol–water partition coefficient (Wildman–Crippen LogP) is 7.06. The van der Waals surface area contributed by atoms with Crippen LogP contribution >= 0.6 is 0 Å². The van der Waals surface area contributed by atoms with E-state index >= 15 is 0 Å². The molecule has 0 amide bonds. The molecule has 0 unspecified atom stereocenters. The molecule has 0 radical (unpaired) electrons. The van der Waals surface area contributed by atoms with E-state index in [-0.39, 0.29) is 29.3 Å². The van der Waals surface area contributed by atoms with Crippen molar-refractivity contribution in [1.29, 1.82) is 0 Å². The summed E-state index contributed by atoms with van der Waals surface area (Å²) in [5.41, 5.74) is 4.93. The second-order valence-corrected chi connectivity index (χ2v) is 9.54. The van der Waals surface area contributed by atoms with Gasteiger partial charge in [-0.1, -0.05) is 13.8 Å². The molecule has 1 saturated carbocycles. The Morgan fingerprint density at radius 2 is 1.66 bits per heavy atom. The number of halogens is 1. The molecule has 5 rings (SSSR count). The highest BCUT2D eigenvalue weighted by Crippen LogP contribution is 2.47. The summed E-state index contributed by atoms with van der Waals surface area (Å²) in [6, 6.07) is 10.7. The first-order valence-corrected chi connectivity index (χ1v) is 12.9. The Labute approximate surface area is 206 Å². The topological polar surface area (TPSA) is 71.7 Å². The van der Waals surface area contributed by atoms with E-state index in [9.17, 15) is 19.4 Å². The molecule has 0 spiro atoms. The Bertz CT molecular complexity index is 1190. The fourth-order valence-corrected chi connectivity index (χ4v) is 5.80.